The van der Waals surface area contributed by atoms with Crippen molar-refractivity contribution >= 4 is 27.8 Å². The summed E-state index contributed by atoms with van der Waals surface area (Å²) in [5.41, 5.74) is 3.26. The van der Waals surface area contributed by atoms with Crippen molar-refractivity contribution in [1.82, 2.24) is 30.4 Å². The second-order valence-corrected chi connectivity index (χ2v) is 6.57. The fourth-order valence-electron chi connectivity index (χ4n) is 3.80. The van der Waals surface area contributed by atoms with Crippen LogP contribution in [0.25, 0.3) is 21.9 Å². The zero-order valence-electron chi connectivity index (χ0n) is 14.0. The van der Waals surface area contributed by atoms with E-state index in [1.807, 2.05) is 24.5 Å². The number of hydrogen-bond acceptors (Lipinski definition) is 6. The zero-order valence-corrected chi connectivity index (χ0v) is 14.0. The summed E-state index contributed by atoms with van der Waals surface area (Å²) in [4.78, 5) is 9.81. The average molecular weight is 344 g/mol. The molecule has 1 unspecified atom stereocenters. The van der Waals surface area contributed by atoms with Crippen LogP contribution in [0.3, 0.4) is 0 Å². The van der Waals surface area contributed by atoms with Gasteiger partial charge in [-0.05, 0) is 31.0 Å². The predicted molar refractivity (Wildman–Crippen MR) is 96.7 cm³/mol. The van der Waals surface area contributed by atoms with Crippen molar-refractivity contribution in [2.75, 3.05) is 18.0 Å². The number of aromatic amines is 2. The topological polar surface area (TPSA) is 110 Å². The SMILES string of the molecule is N#Cc1ccc(N2CCCC(c3n[nH]c4cnc5[nH]ccc5c34)C2)nn1. The van der Waals surface area contributed by atoms with E-state index in [2.05, 4.69) is 41.3 Å². The van der Waals surface area contributed by atoms with Crippen molar-refractivity contribution in [3.8, 4) is 6.07 Å². The van der Waals surface area contributed by atoms with Gasteiger partial charge in [-0.15, -0.1) is 10.2 Å². The molecule has 0 aliphatic carbocycles. The van der Waals surface area contributed by atoms with Crippen LogP contribution in [0, 0.1) is 11.3 Å². The molecule has 0 bridgehead atoms. The van der Waals surface area contributed by atoms with Gasteiger partial charge in [-0.1, -0.05) is 0 Å². The Balaban J connectivity index is 1.51. The van der Waals surface area contributed by atoms with Crippen molar-refractivity contribution in [3.05, 3.63) is 42.0 Å². The van der Waals surface area contributed by atoms with Crippen molar-refractivity contribution in [2.24, 2.45) is 0 Å². The summed E-state index contributed by atoms with van der Waals surface area (Å²) in [5.74, 6) is 1.11. The van der Waals surface area contributed by atoms with E-state index in [0.29, 0.717) is 11.6 Å². The highest BCUT2D eigenvalue weighted by atomic mass is 15.3. The molecule has 1 aliphatic heterocycles. The van der Waals surface area contributed by atoms with Crippen LogP contribution < -0.4 is 4.90 Å². The molecule has 8 nitrogen and oxygen atoms in total. The third-order valence-corrected chi connectivity index (χ3v) is 5.04. The third kappa shape index (κ3) is 2.29. The van der Waals surface area contributed by atoms with E-state index in [1.54, 1.807) is 6.07 Å². The second kappa shape index (κ2) is 5.81. The summed E-state index contributed by atoms with van der Waals surface area (Å²) in [7, 11) is 0. The van der Waals surface area contributed by atoms with Gasteiger partial charge in [0, 0.05) is 36.0 Å². The summed E-state index contributed by atoms with van der Waals surface area (Å²) >= 11 is 0. The number of nitrogens with zero attached hydrogens (tertiary/aromatic N) is 6. The lowest BCUT2D eigenvalue weighted by molar-refractivity contribution is 0.499. The second-order valence-electron chi connectivity index (χ2n) is 6.57. The number of rotatable bonds is 2. The molecule has 1 atom stereocenters. The monoisotopic (exact) mass is 344 g/mol. The van der Waals surface area contributed by atoms with Crippen LogP contribution in [0.15, 0.2) is 30.6 Å². The number of hydrogen-bond donors (Lipinski definition) is 2. The minimum Gasteiger partial charge on any atom is -0.354 e. The molecule has 0 saturated carbocycles. The molecule has 0 radical (unpaired) electrons. The van der Waals surface area contributed by atoms with Crippen molar-refractivity contribution < 1.29 is 0 Å². The molecule has 26 heavy (non-hydrogen) atoms. The Morgan fingerprint density at radius 2 is 2.19 bits per heavy atom. The first kappa shape index (κ1) is 14.8. The molecule has 2 N–H and O–H groups in total. The van der Waals surface area contributed by atoms with E-state index in [1.165, 1.54) is 0 Å². The molecule has 1 fully saturated rings. The predicted octanol–water partition coefficient (Wildman–Crippen LogP) is 2.48. The van der Waals surface area contributed by atoms with E-state index in [0.717, 1.165) is 59.4 Å². The summed E-state index contributed by atoms with van der Waals surface area (Å²) in [6.07, 6.45) is 5.88. The smallest absolute Gasteiger partial charge is 0.163 e. The fourth-order valence-corrected chi connectivity index (χ4v) is 3.80. The van der Waals surface area contributed by atoms with E-state index in [9.17, 15) is 0 Å². The van der Waals surface area contributed by atoms with Gasteiger partial charge in [-0.2, -0.15) is 10.4 Å². The van der Waals surface area contributed by atoms with Crippen LogP contribution in [-0.2, 0) is 0 Å². The van der Waals surface area contributed by atoms with Gasteiger partial charge in [0.05, 0.1) is 17.4 Å². The molecule has 4 aromatic heterocycles. The van der Waals surface area contributed by atoms with Gasteiger partial charge in [-0.25, -0.2) is 4.98 Å². The van der Waals surface area contributed by atoms with Crippen LogP contribution >= 0.6 is 0 Å². The average Bonchev–Trinajstić information content (AvgIpc) is 3.34. The number of nitrogens with one attached hydrogen (secondary N) is 2. The Hall–Kier alpha value is -3.47. The molecule has 5 heterocycles. The molecule has 0 amide bonds. The Bertz CT molecular complexity index is 1120. The van der Waals surface area contributed by atoms with Gasteiger partial charge < -0.3 is 9.88 Å². The molecule has 4 aromatic rings. The number of pyridine rings is 1. The Labute approximate surface area is 148 Å². The van der Waals surface area contributed by atoms with Crippen LogP contribution in [0.4, 0.5) is 5.82 Å². The molecular weight excluding hydrogens is 328 g/mol. The molecule has 0 spiro atoms. The first-order valence-corrected chi connectivity index (χ1v) is 8.62. The molecule has 5 rings (SSSR count). The van der Waals surface area contributed by atoms with Gasteiger partial charge in [0.25, 0.3) is 0 Å². The van der Waals surface area contributed by atoms with Crippen molar-refractivity contribution in [3.63, 3.8) is 0 Å². The largest absolute Gasteiger partial charge is 0.354 e. The number of fused-ring (bicyclic) bond motifs is 3. The fraction of sp³-hybridized carbons (Fsp3) is 0.278. The zero-order chi connectivity index (χ0) is 17.5. The van der Waals surface area contributed by atoms with E-state index in [-0.39, 0.29) is 0 Å². The van der Waals surface area contributed by atoms with Crippen molar-refractivity contribution in [2.45, 2.75) is 18.8 Å². The molecular formula is C18H16N8. The number of nitriles is 1. The highest BCUT2D eigenvalue weighted by Crippen LogP contribution is 2.34. The van der Waals surface area contributed by atoms with Crippen molar-refractivity contribution in [1.29, 1.82) is 5.26 Å². The minimum absolute atomic E-state index is 0.301. The van der Waals surface area contributed by atoms with E-state index < -0.39 is 0 Å². The molecule has 0 aromatic carbocycles. The summed E-state index contributed by atoms with van der Waals surface area (Å²) < 4.78 is 0. The maximum atomic E-state index is 8.89. The van der Waals surface area contributed by atoms with Crippen LogP contribution in [-0.4, -0.2) is 43.5 Å². The molecule has 8 heteroatoms. The maximum absolute atomic E-state index is 8.89. The number of piperidine rings is 1. The number of aromatic nitrogens is 6. The first-order chi connectivity index (χ1) is 12.8. The minimum atomic E-state index is 0.301. The van der Waals surface area contributed by atoms with Gasteiger partial charge in [0.1, 0.15) is 11.7 Å². The normalized spacial score (nSPS) is 17.7. The van der Waals surface area contributed by atoms with Gasteiger partial charge in [0.15, 0.2) is 11.5 Å². The van der Waals surface area contributed by atoms with E-state index in [4.69, 9.17) is 5.26 Å². The molecule has 1 saturated heterocycles. The highest BCUT2D eigenvalue weighted by Gasteiger charge is 2.26. The quantitative estimate of drug-likeness (QED) is 0.578. The lowest BCUT2D eigenvalue weighted by Crippen LogP contribution is -2.35. The Kier molecular flexibility index (Phi) is 3.31. The van der Waals surface area contributed by atoms with Gasteiger partial charge in [-0.3, -0.25) is 5.10 Å². The summed E-state index contributed by atoms with van der Waals surface area (Å²) in [6.45, 7) is 1.76. The van der Waals surface area contributed by atoms with Gasteiger partial charge in [0.2, 0.25) is 0 Å². The maximum Gasteiger partial charge on any atom is 0.163 e. The Morgan fingerprint density at radius 1 is 1.23 bits per heavy atom. The summed E-state index contributed by atoms with van der Waals surface area (Å²) in [5, 5.41) is 27.0. The lowest BCUT2D eigenvalue weighted by Gasteiger charge is -2.32. The molecule has 1 aliphatic rings. The third-order valence-electron chi connectivity index (χ3n) is 5.04. The lowest BCUT2D eigenvalue weighted by atomic mass is 9.92. The van der Waals surface area contributed by atoms with Crippen LogP contribution in [0.2, 0.25) is 0 Å². The first-order valence-electron chi connectivity index (χ1n) is 8.62. The molecule has 128 valence electrons. The van der Waals surface area contributed by atoms with Crippen LogP contribution in [0.1, 0.15) is 30.1 Å². The van der Waals surface area contributed by atoms with Crippen LogP contribution in [0.5, 0.6) is 0 Å². The standard InChI is InChI=1S/C18H16N8/c19-8-12-3-4-15(24-22-12)26-7-1-2-11(10-26)17-16-13-5-6-20-18(13)21-9-14(16)23-25-17/h3-6,9,11H,1-2,7,10H2,(H,20,21)(H,23,25). The Morgan fingerprint density at radius 3 is 3.04 bits per heavy atom. The number of H-pyrrole nitrogens is 2. The van der Waals surface area contributed by atoms with Gasteiger partial charge >= 0.3 is 0 Å². The summed E-state index contributed by atoms with van der Waals surface area (Å²) in [6, 6.07) is 7.64. The van der Waals surface area contributed by atoms with E-state index >= 15 is 0 Å². The number of anilines is 1. The highest BCUT2D eigenvalue weighted by molar-refractivity contribution is 6.04.